The largest absolute Gasteiger partial charge is 0.399 e. The summed E-state index contributed by atoms with van der Waals surface area (Å²) in [5, 5.41) is 11.2. The van der Waals surface area contributed by atoms with E-state index in [0.717, 1.165) is 0 Å². The molecule has 0 heterocycles. The molecule has 1 amide bonds. The lowest BCUT2D eigenvalue weighted by molar-refractivity contribution is 0.0868. The van der Waals surface area contributed by atoms with Crippen LogP contribution in [0, 0.1) is 0 Å². The fraction of sp³-hybridized carbons (Fsp3) is 0.417. The van der Waals surface area contributed by atoms with Gasteiger partial charge < -0.3 is 26.6 Å². The lowest BCUT2D eigenvalue weighted by atomic mass is 10.1. The van der Waals surface area contributed by atoms with E-state index >= 15 is 0 Å². The Hall–Kier alpha value is -1.79. The zero-order valence-electron chi connectivity index (χ0n) is 10.2. The number of hydrogen-bond acceptors (Lipinski definition) is 5. The van der Waals surface area contributed by atoms with Gasteiger partial charge >= 0.3 is 0 Å². The SMILES string of the molecule is Nc1ccc(C(=O)NCCCOCCO)c(N)c1. The van der Waals surface area contributed by atoms with Crippen molar-refractivity contribution in [1.29, 1.82) is 0 Å². The lowest BCUT2D eigenvalue weighted by Gasteiger charge is -2.08. The van der Waals surface area contributed by atoms with Crippen molar-refractivity contribution in [1.82, 2.24) is 5.32 Å². The molecule has 18 heavy (non-hydrogen) atoms. The van der Waals surface area contributed by atoms with Crippen LogP contribution in [0.4, 0.5) is 11.4 Å². The fourth-order valence-electron chi connectivity index (χ4n) is 1.43. The van der Waals surface area contributed by atoms with E-state index in [0.29, 0.717) is 43.1 Å². The Labute approximate surface area is 106 Å². The standard InChI is InChI=1S/C12H19N3O3/c13-9-2-3-10(11(14)8-9)12(17)15-4-1-6-18-7-5-16/h2-3,8,16H,1,4-7,13-14H2,(H,15,17). The van der Waals surface area contributed by atoms with Gasteiger partial charge in [-0.1, -0.05) is 0 Å². The van der Waals surface area contributed by atoms with Crippen molar-refractivity contribution in [2.45, 2.75) is 6.42 Å². The van der Waals surface area contributed by atoms with Crippen molar-refractivity contribution in [3.05, 3.63) is 23.8 Å². The maximum absolute atomic E-state index is 11.8. The third kappa shape index (κ3) is 4.60. The van der Waals surface area contributed by atoms with Gasteiger partial charge in [0.25, 0.3) is 5.91 Å². The normalized spacial score (nSPS) is 10.3. The monoisotopic (exact) mass is 253 g/mol. The van der Waals surface area contributed by atoms with Gasteiger partial charge in [0.05, 0.1) is 18.8 Å². The molecule has 0 aliphatic carbocycles. The van der Waals surface area contributed by atoms with E-state index in [4.69, 9.17) is 21.3 Å². The average molecular weight is 253 g/mol. The van der Waals surface area contributed by atoms with Crippen molar-refractivity contribution in [3.63, 3.8) is 0 Å². The van der Waals surface area contributed by atoms with Crippen LogP contribution in [0.2, 0.25) is 0 Å². The van der Waals surface area contributed by atoms with E-state index in [9.17, 15) is 4.79 Å². The molecule has 0 saturated heterocycles. The van der Waals surface area contributed by atoms with E-state index in [1.165, 1.54) is 0 Å². The van der Waals surface area contributed by atoms with E-state index in [1.807, 2.05) is 0 Å². The molecule has 0 unspecified atom stereocenters. The average Bonchev–Trinajstić information content (AvgIpc) is 2.33. The number of ether oxygens (including phenoxy) is 1. The first-order valence-corrected chi connectivity index (χ1v) is 5.77. The van der Waals surface area contributed by atoms with Crippen LogP contribution >= 0.6 is 0 Å². The van der Waals surface area contributed by atoms with Gasteiger partial charge in [-0.3, -0.25) is 4.79 Å². The third-order valence-corrected chi connectivity index (χ3v) is 2.31. The van der Waals surface area contributed by atoms with Crippen molar-refractivity contribution in [3.8, 4) is 0 Å². The molecular weight excluding hydrogens is 234 g/mol. The Kier molecular flexibility index (Phi) is 5.96. The minimum absolute atomic E-state index is 0.00826. The summed E-state index contributed by atoms with van der Waals surface area (Å²) in [5.74, 6) is -0.227. The summed E-state index contributed by atoms with van der Waals surface area (Å²) in [6, 6.07) is 4.79. The Morgan fingerprint density at radius 3 is 2.78 bits per heavy atom. The number of aliphatic hydroxyl groups excluding tert-OH is 1. The number of rotatable bonds is 7. The number of benzene rings is 1. The molecule has 6 N–H and O–H groups in total. The molecular formula is C12H19N3O3. The van der Waals surface area contributed by atoms with Crippen LogP contribution in [0.15, 0.2) is 18.2 Å². The number of nitrogens with one attached hydrogen (secondary N) is 1. The maximum atomic E-state index is 11.8. The van der Waals surface area contributed by atoms with E-state index in [1.54, 1.807) is 18.2 Å². The first-order chi connectivity index (χ1) is 8.65. The molecule has 0 fully saturated rings. The smallest absolute Gasteiger partial charge is 0.253 e. The Morgan fingerprint density at radius 1 is 1.33 bits per heavy atom. The zero-order chi connectivity index (χ0) is 13.4. The van der Waals surface area contributed by atoms with Gasteiger partial charge in [0.1, 0.15) is 0 Å². The Bertz CT molecular complexity index is 396. The molecule has 1 rings (SSSR count). The van der Waals surface area contributed by atoms with E-state index < -0.39 is 0 Å². The van der Waals surface area contributed by atoms with Crippen LogP contribution in [0.25, 0.3) is 0 Å². The second-order valence-corrected chi connectivity index (χ2v) is 3.79. The predicted molar refractivity (Wildman–Crippen MR) is 70.1 cm³/mol. The van der Waals surface area contributed by atoms with Gasteiger partial charge in [0.15, 0.2) is 0 Å². The number of amides is 1. The highest BCUT2D eigenvalue weighted by Crippen LogP contribution is 2.15. The summed E-state index contributed by atoms with van der Waals surface area (Å²) in [6.45, 7) is 1.32. The molecule has 1 aromatic carbocycles. The highest BCUT2D eigenvalue weighted by Gasteiger charge is 2.08. The summed E-state index contributed by atoms with van der Waals surface area (Å²) in [6.07, 6.45) is 0.681. The zero-order valence-corrected chi connectivity index (χ0v) is 10.2. The van der Waals surface area contributed by atoms with Crippen LogP contribution in [0.5, 0.6) is 0 Å². The van der Waals surface area contributed by atoms with Crippen molar-refractivity contribution >= 4 is 17.3 Å². The molecule has 0 spiro atoms. The highest BCUT2D eigenvalue weighted by atomic mass is 16.5. The quantitative estimate of drug-likeness (QED) is 0.403. The Morgan fingerprint density at radius 2 is 2.11 bits per heavy atom. The van der Waals surface area contributed by atoms with Crippen LogP contribution in [0.3, 0.4) is 0 Å². The molecule has 0 atom stereocenters. The van der Waals surface area contributed by atoms with Gasteiger partial charge in [0, 0.05) is 24.5 Å². The minimum atomic E-state index is -0.227. The first-order valence-electron chi connectivity index (χ1n) is 5.77. The topological polar surface area (TPSA) is 111 Å². The molecule has 0 radical (unpaired) electrons. The van der Waals surface area contributed by atoms with Gasteiger partial charge in [-0.05, 0) is 24.6 Å². The second-order valence-electron chi connectivity index (χ2n) is 3.79. The number of carbonyl (C=O) groups excluding carboxylic acids is 1. The minimum Gasteiger partial charge on any atom is -0.399 e. The molecule has 0 aliphatic rings. The van der Waals surface area contributed by atoms with Gasteiger partial charge in [-0.15, -0.1) is 0 Å². The summed E-state index contributed by atoms with van der Waals surface area (Å²) >= 11 is 0. The maximum Gasteiger partial charge on any atom is 0.253 e. The van der Waals surface area contributed by atoms with Crippen molar-refractivity contribution in [2.75, 3.05) is 37.8 Å². The number of nitrogens with two attached hydrogens (primary N) is 2. The van der Waals surface area contributed by atoms with Gasteiger partial charge in [0.2, 0.25) is 0 Å². The van der Waals surface area contributed by atoms with Gasteiger partial charge in [-0.2, -0.15) is 0 Å². The Balaban J connectivity index is 2.32. The molecule has 1 aromatic rings. The number of aliphatic hydroxyl groups is 1. The second kappa shape index (κ2) is 7.52. The number of hydrogen-bond donors (Lipinski definition) is 4. The van der Waals surface area contributed by atoms with Crippen molar-refractivity contribution < 1.29 is 14.6 Å². The predicted octanol–water partition coefficient (Wildman–Crippen LogP) is -0.0202. The third-order valence-electron chi connectivity index (χ3n) is 2.31. The highest BCUT2D eigenvalue weighted by molar-refractivity contribution is 5.99. The number of anilines is 2. The fourth-order valence-corrected chi connectivity index (χ4v) is 1.43. The molecule has 0 aliphatic heterocycles. The van der Waals surface area contributed by atoms with Crippen LogP contribution in [0.1, 0.15) is 16.8 Å². The molecule has 0 bridgehead atoms. The molecule has 6 nitrogen and oxygen atoms in total. The summed E-state index contributed by atoms with van der Waals surface area (Å²) in [5.41, 5.74) is 12.6. The molecule has 0 saturated carbocycles. The number of carbonyl (C=O) groups is 1. The summed E-state index contributed by atoms with van der Waals surface area (Å²) in [4.78, 5) is 11.8. The van der Waals surface area contributed by atoms with Crippen molar-refractivity contribution in [2.24, 2.45) is 0 Å². The number of nitrogen functional groups attached to an aromatic ring is 2. The summed E-state index contributed by atoms with van der Waals surface area (Å²) < 4.78 is 5.07. The van der Waals surface area contributed by atoms with Crippen LogP contribution in [-0.2, 0) is 4.74 Å². The van der Waals surface area contributed by atoms with Crippen LogP contribution < -0.4 is 16.8 Å². The first kappa shape index (κ1) is 14.3. The molecule has 100 valence electrons. The molecule has 0 aromatic heterocycles. The molecule has 6 heteroatoms. The van der Waals surface area contributed by atoms with Crippen LogP contribution in [-0.4, -0.2) is 37.4 Å². The van der Waals surface area contributed by atoms with Gasteiger partial charge in [-0.25, -0.2) is 0 Å². The summed E-state index contributed by atoms with van der Waals surface area (Å²) in [7, 11) is 0. The van der Waals surface area contributed by atoms with E-state index in [2.05, 4.69) is 5.32 Å². The van der Waals surface area contributed by atoms with E-state index in [-0.39, 0.29) is 12.5 Å². The lowest BCUT2D eigenvalue weighted by Crippen LogP contribution is -2.26.